The average molecular weight is 401 g/mol. The maximum atomic E-state index is 12.7. The molecule has 2 aromatic carbocycles. The summed E-state index contributed by atoms with van der Waals surface area (Å²) in [4.78, 5) is 26.8. The summed E-state index contributed by atoms with van der Waals surface area (Å²) in [7, 11) is 3.15. The smallest absolute Gasteiger partial charge is 0.244 e. The third kappa shape index (κ3) is 4.25. The number of methoxy groups -OCH3 is 2. The van der Waals surface area contributed by atoms with Gasteiger partial charge < -0.3 is 19.7 Å². The molecule has 1 heterocycles. The summed E-state index contributed by atoms with van der Waals surface area (Å²) in [6.45, 7) is 3.84. The highest BCUT2D eigenvalue weighted by Crippen LogP contribution is 2.44. The van der Waals surface area contributed by atoms with E-state index in [9.17, 15) is 9.59 Å². The van der Waals surface area contributed by atoms with Gasteiger partial charge in [-0.2, -0.15) is 0 Å². The molecule has 1 saturated heterocycles. The highest BCUT2D eigenvalue weighted by molar-refractivity contribution is 8.01. The zero-order valence-corrected chi connectivity index (χ0v) is 17.2. The highest BCUT2D eigenvalue weighted by atomic mass is 32.2. The first-order valence-electron chi connectivity index (χ1n) is 8.97. The molecule has 1 aliphatic rings. The van der Waals surface area contributed by atoms with E-state index in [-0.39, 0.29) is 29.0 Å². The number of hydrogen-bond acceptors (Lipinski definition) is 5. The van der Waals surface area contributed by atoms with Crippen LogP contribution in [0, 0.1) is 6.92 Å². The first-order chi connectivity index (χ1) is 13.4. The van der Waals surface area contributed by atoms with Gasteiger partial charge in [-0.1, -0.05) is 23.8 Å². The van der Waals surface area contributed by atoms with Crippen molar-refractivity contribution in [3.05, 3.63) is 53.6 Å². The molecule has 0 saturated carbocycles. The van der Waals surface area contributed by atoms with Crippen LogP contribution < -0.4 is 14.8 Å². The van der Waals surface area contributed by atoms with Crippen LogP contribution in [0.4, 0.5) is 5.69 Å². The predicted molar refractivity (Wildman–Crippen MR) is 111 cm³/mol. The Morgan fingerprint density at radius 3 is 2.43 bits per heavy atom. The Hall–Kier alpha value is -2.67. The summed E-state index contributed by atoms with van der Waals surface area (Å²) in [6.07, 6.45) is 0. The second-order valence-corrected chi connectivity index (χ2v) is 8.05. The largest absolute Gasteiger partial charge is 0.493 e. The lowest BCUT2D eigenvalue weighted by molar-refractivity contribution is -0.133. The number of carbonyl (C=O) groups excluding carboxylic acids is 2. The zero-order chi connectivity index (χ0) is 20.3. The lowest BCUT2D eigenvalue weighted by Crippen LogP contribution is -2.37. The fourth-order valence-electron chi connectivity index (χ4n) is 3.09. The summed E-state index contributed by atoms with van der Waals surface area (Å²) < 4.78 is 10.7. The van der Waals surface area contributed by atoms with Crippen molar-refractivity contribution in [3.8, 4) is 11.5 Å². The van der Waals surface area contributed by atoms with Crippen molar-refractivity contribution in [2.45, 2.75) is 24.5 Å². The summed E-state index contributed by atoms with van der Waals surface area (Å²) >= 11 is 1.52. The van der Waals surface area contributed by atoms with E-state index in [0.29, 0.717) is 17.2 Å². The summed E-state index contributed by atoms with van der Waals surface area (Å²) in [6, 6.07) is 13.1. The standard InChI is InChI=1S/C21H24N2O4S/c1-13-5-8-16(9-6-13)22-19(24)12-23-20(25)14(2)28-21(23)15-7-10-17(26-3)18(11-15)27-4/h5-11,14,21H,12H2,1-4H3,(H,22,24). The quantitative estimate of drug-likeness (QED) is 0.802. The first-order valence-corrected chi connectivity index (χ1v) is 9.91. The molecular formula is C21H24N2O4S. The van der Waals surface area contributed by atoms with Crippen molar-refractivity contribution in [3.63, 3.8) is 0 Å². The van der Waals surface area contributed by atoms with Gasteiger partial charge in [0.1, 0.15) is 11.9 Å². The Morgan fingerprint density at radius 2 is 1.79 bits per heavy atom. The first kappa shape index (κ1) is 20.1. The van der Waals surface area contributed by atoms with Crippen LogP contribution in [0.5, 0.6) is 11.5 Å². The maximum absolute atomic E-state index is 12.7. The fourth-order valence-corrected chi connectivity index (χ4v) is 4.36. The van der Waals surface area contributed by atoms with Gasteiger partial charge >= 0.3 is 0 Å². The van der Waals surface area contributed by atoms with E-state index in [0.717, 1.165) is 11.1 Å². The minimum atomic E-state index is -0.258. The van der Waals surface area contributed by atoms with Crippen LogP contribution in [0.2, 0.25) is 0 Å². The highest BCUT2D eigenvalue weighted by Gasteiger charge is 2.39. The van der Waals surface area contributed by atoms with Crippen LogP contribution in [-0.4, -0.2) is 42.7 Å². The molecule has 148 valence electrons. The molecule has 7 heteroatoms. The van der Waals surface area contributed by atoms with E-state index in [1.54, 1.807) is 19.1 Å². The number of amides is 2. The monoisotopic (exact) mass is 400 g/mol. The second-order valence-electron chi connectivity index (χ2n) is 6.63. The van der Waals surface area contributed by atoms with Crippen molar-refractivity contribution >= 4 is 29.3 Å². The Bertz CT molecular complexity index is 869. The summed E-state index contributed by atoms with van der Waals surface area (Å²) in [5, 5.41) is 2.38. The van der Waals surface area contributed by atoms with E-state index in [1.165, 1.54) is 11.8 Å². The molecule has 1 aliphatic heterocycles. The molecule has 1 fully saturated rings. The zero-order valence-electron chi connectivity index (χ0n) is 16.4. The Morgan fingerprint density at radius 1 is 1.11 bits per heavy atom. The molecule has 0 spiro atoms. The SMILES string of the molecule is COc1ccc(C2SC(C)C(=O)N2CC(=O)Nc2ccc(C)cc2)cc1OC. The van der Waals surface area contributed by atoms with Crippen molar-refractivity contribution in [1.82, 2.24) is 4.90 Å². The van der Waals surface area contributed by atoms with E-state index in [1.807, 2.05) is 56.3 Å². The Balaban J connectivity index is 1.78. The second kappa shape index (κ2) is 8.56. The van der Waals surface area contributed by atoms with Crippen molar-refractivity contribution < 1.29 is 19.1 Å². The predicted octanol–water partition coefficient (Wildman–Crippen LogP) is 3.61. The third-order valence-corrected chi connectivity index (χ3v) is 5.98. The molecule has 2 aromatic rings. The minimum absolute atomic E-state index is 0.0109. The molecule has 0 bridgehead atoms. The van der Waals surface area contributed by atoms with Crippen LogP contribution in [0.25, 0.3) is 0 Å². The number of benzene rings is 2. The molecule has 3 rings (SSSR count). The normalized spacial score (nSPS) is 18.9. The average Bonchev–Trinajstić information content (AvgIpc) is 2.97. The van der Waals surface area contributed by atoms with Gasteiger partial charge in [0.15, 0.2) is 11.5 Å². The van der Waals surface area contributed by atoms with Gasteiger partial charge in [0.25, 0.3) is 0 Å². The summed E-state index contributed by atoms with van der Waals surface area (Å²) in [5.74, 6) is 0.940. The molecule has 1 N–H and O–H groups in total. The van der Waals surface area contributed by atoms with Crippen LogP contribution in [0.15, 0.2) is 42.5 Å². The molecule has 0 radical (unpaired) electrons. The van der Waals surface area contributed by atoms with E-state index >= 15 is 0 Å². The van der Waals surface area contributed by atoms with Crippen molar-refractivity contribution in [2.24, 2.45) is 0 Å². The number of hydrogen-bond donors (Lipinski definition) is 1. The molecule has 0 aliphatic carbocycles. The lowest BCUT2D eigenvalue weighted by atomic mass is 10.1. The number of anilines is 1. The number of carbonyl (C=O) groups is 2. The van der Waals surface area contributed by atoms with E-state index < -0.39 is 0 Å². The van der Waals surface area contributed by atoms with Gasteiger partial charge in [0.05, 0.1) is 19.5 Å². The van der Waals surface area contributed by atoms with Crippen LogP contribution >= 0.6 is 11.8 Å². The van der Waals surface area contributed by atoms with Crippen LogP contribution in [-0.2, 0) is 9.59 Å². The molecule has 6 nitrogen and oxygen atoms in total. The number of thioether (sulfide) groups is 1. The maximum Gasteiger partial charge on any atom is 0.244 e. The lowest BCUT2D eigenvalue weighted by Gasteiger charge is -2.24. The minimum Gasteiger partial charge on any atom is -0.493 e. The Kier molecular flexibility index (Phi) is 6.14. The van der Waals surface area contributed by atoms with Gasteiger partial charge in [-0.05, 0) is 43.7 Å². The van der Waals surface area contributed by atoms with Gasteiger partial charge in [0, 0.05) is 5.69 Å². The number of nitrogens with zero attached hydrogens (tertiary/aromatic N) is 1. The van der Waals surface area contributed by atoms with Crippen molar-refractivity contribution in [2.75, 3.05) is 26.1 Å². The third-order valence-electron chi connectivity index (χ3n) is 4.59. The van der Waals surface area contributed by atoms with E-state index in [2.05, 4.69) is 5.32 Å². The van der Waals surface area contributed by atoms with Crippen molar-refractivity contribution in [1.29, 1.82) is 0 Å². The van der Waals surface area contributed by atoms with Crippen LogP contribution in [0.1, 0.15) is 23.4 Å². The Labute approximate surface area is 169 Å². The topological polar surface area (TPSA) is 67.9 Å². The molecular weight excluding hydrogens is 376 g/mol. The van der Waals surface area contributed by atoms with Gasteiger partial charge in [-0.25, -0.2) is 0 Å². The van der Waals surface area contributed by atoms with Crippen LogP contribution in [0.3, 0.4) is 0 Å². The fraction of sp³-hybridized carbons (Fsp3) is 0.333. The van der Waals surface area contributed by atoms with Gasteiger partial charge in [-0.15, -0.1) is 11.8 Å². The number of rotatable bonds is 6. The molecule has 2 amide bonds. The molecule has 0 aromatic heterocycles. The number of aryl methyl sites for hydroxylation is 1. The number of nitrogens with one attached hydrogen (secondary N) is 1. The number of ether oxygens (including phenoxy) is 2. The molecule has 2 atom stereocenters. The molecule has 2 unspecified atom stereocenters. The summed E-state index contributed by atoms with van der Waals surface area (Å²) in [5.41, 5.74) is 2.72. The van der Waals surface area contributed by atoms with Gasteiger partial charge in [0.2, 0.25) is 11.8 Å². The molecule has 28 heavy (non-hydrogen) atoms. The van der Waals surface area contributed by atoms with E-state index in [4.69, 9.17) is 9.47 Å². The van der Waals surface area contributed by atoms with Gasteiger partial charge in [-0.3, -0.25) is 9.59 Å².